The number of anilines is 1. The van der Waals surface area contributed by atoms with Crippen LogP contribution in [0.25, 0.3) is 0 Å². The SMILES string of the molecule is C[C@H]1C/C=C/[C@H](O)[C@@H]2CC[C@H]2CN2CCCCc3cc(Cl)ccc3COc3ccc(cc32)C(=O)NS(=O)(=O)[C@@H]1C[C@H]1CCCO1. The van der Waals surface area contributed by atoms with Gasteiger partial charge in [-0.05, 0) is 117 Å². The van der Waals surface area contributed by atoms with Crippen LogP contribution >= 0.6 is 11.6 Å². The van der Waals surface area contributed by atoms with Crippen molar-refractivity contribution >= 4 is 33.2 Å². The van der Waals surface area contributed by atoms with E-state index in [4.69, 9.17) is 21.1 Å². The Kier molecular flexibility index (Phi) is 10.1. The van der Waals surface area contributed by atoms with E-state index in [-0.39, 0.29) is 29.4 Å². The minimum Gasteiger partial charge on any atom is -0.487 e. The van der Waals surface area contributed by atoms with Gasteiger partial charge in [-0.15, -0.1) is 0 Å². The van der Waals surface area contributed by atoms with Gasteiger partial charge in [0.25, 0.3) is 5.91 Å². The third-order valence-electron chi connectivity index (χ3n) is 10.2. The number of aliphatic hydroxyl groups is 1. The Hall–Kier alpha value is -2.59. The number of nitrogens with zero attached hydrogens (tertiary/aromatic N) is 1. The number of benzene rings is 2. The highest BCUT2D eigenvalue weighted by Crippen LogP contribution is 2.41. The first-order valence-corrected chi connectivity index (χ1v) is 18.4. The summed E-state index contributed by atoms with van der Waals surface area (Å²) in [7, 11) is -4.04. The number of rotatable bonds is 2. The maximum absolute atomic E-state index is 13.8. The zero-order valence-electron chi connectivity index (χ0n) is 26.0. The first-order chi connectivity index (χ1) is 21.7. The third-order valence-corrected chi connectivity index (χ3v) is 12.4. The van der Waals surface area contributed by atoms with Crippen LogP contribution in [0.15, 0.2) is 48.6 Å². The van der Waals surface area contributed by atoms with Crippen LogP contribution in [0.1, 0.15) is 79.8 Å². The Morgan fingerprint density at radius 2 is 1.93 bits per heavy atom. The van der Waals surface area contributed by atoms with Crippen molar-refractivity contribution in [2.45, 2.75) is 88.8 Å². The number of sulfonamides is 1. The second-order valence-corrected chi connectivity index (χ2v) is 15.6. The van der Waals surface area contributed by atoms with Gasteiger partial charge >= 0.3 is 0 Å². The number of halogens is 1. The summed E-state index contributed by atoms with van der Waals surface area (Å²) in [5, 5.41) is 11.1. The summed E-state index contributed by atoms with van der Waals surface area (Å²) >= 11 is 6.33. The van der Waals surface area contributed by atoms with Gasteiger partial charge in [0.15, 0.2) is 0 Å². The van der Waals surface area contributed by atoms with Crippen LogP contribution in [0.5, 0.6) is 5.75 Å². The topological polar surface area (TPSA) is 105 Å². The Balaban J connectivity index is 1.36. The number of fused-ring (bicyclic) bond motifs is 3. The molecular formula is C35H45ClN2O6S. The fraction of sp³-hybridized carbons (Fsp3) is 0.571. The highest BCUT2D eigenvalue weighted by Gasteiger charge is 2.38. The van der Waals surface area contributed by atoms with E-state index in [1.165, 1.54) is 5.56 Å². The molecule has 2 bridgehead atoms. The van der Waals surface area contributed by atoms with E-state index in [0.717, 1.165) is 62.7 Å². The van der Waals surface area contributed by atoms with E-state index in [2.05, 4.69) is 9.62 Å². The van der Waals surface area contributed by atoms with Gasteiger partial charge in [0.1, 0.15) is 12.4 Å². The van der Waals surface area contributed by atoms with Gasteiger partial charge in [-0.1, -0.05) is 36.7 Å². The summed E-state index contributed by atoms with van der Waals surface area (Å²) in [6, 6.07) is 11.1. The molecule has 2 aromatic carbocycles. The van der Waals surface area contributed by atoms with Gasteiger partial charge in [0, 0.05) is 30.3 Å². The lowest BCUT2D eigenvalue weighted by molar-refractivity contribution is 0.0460. The number of allylic oxidation sites excluding steroid dienone is 1. The van der Waals surface area contributed by atoms with E-state index in [0.29, 0.717) is 43.4 Å². The molecule has 6 rings (SSSR count). The lowest BCUT2D eigenvalue weighted by atomic mass is 9.70. The molecule has 3 aliphatic heterocycles. The number of aliphatic hydroxyl groups excluding tert-OH is 1. The number of carbonyl (C=O) groups excluding carboxylic acids is 1. The van der Waals surface area contributed by atoms with Gasteiger partial charge in [-0.25, -0.2) is 13.1 Å². The molecule has 4 aliphatic rings. The Morgan fingerprint density at radius 1 is 1.07 bits per heavy atom. The van der Waals surface area contributed by atoms with Crippen LogP contribution in [0, 0.1) is 17.8 Å². The van der Waals surface area contributed by atoms with E-state index in [9.17, 15) is 18.3 Å². The molecule has 6 atom stereocenters. The molecule has 45 heavy (non-hydrogen) atoms. The molecule has 1 aliphatic carbocycles. The van der Waals surface area contributed by atoms with Gasteiger partial charge in [-0.3, -0.25) is 4.79 Å². The van der Waals surface area contributed by atoms with Crippen molar-refractivity contribution in [3.8, 4) is 5.75 Å². The largest absolute Gasteiger partial charge is 0.487 e. The highest BCUT2D eigenvalue weighted by molar-refractivity contribution is 7.90. The van der Waals surface area contributed by atoms with Gasteiger partial charge < -0.3 is 19.5 Å². The number of ether oxygens (including phenoxy) is 2. The molecule has 8 nitrogen and oxygen atoms in total. The Bertz CT molecular complexity index is 1510. The number of amides is 1. The second-order valence-electron chi connectivity index (χ2n) is 13.3. The van der Waals surface area contributed by atoms with Crippen molar-refractivity contribution < 1.29 is 27.8 Å². The number of aryl methyl sites for hydroxylation is 1. The quantitative estimate of drug-likeness (QED) is 0.380. The fourth-order valence-electron chi connectivity index (χ4n) is 7.38. The molecule has 3 heterocycles. The molecule has 1 saturated heterocycles. The van der Waals surface area contributed by atoms with Gasteiger partial charge in [0.2, 0.25) is 10.0 Å². The molecule has 1 amide bonds. The molecule has 2 fully saturated rings. The lowest BCUT2D eigenvalue weighted by Crippen LogP contribution is -2.44. The van der Waals surface area contributed by atoms with E-state index >= 15 is 0 Å². The van der Waals surface area contributed by atoms with Crippen LogP contribution < -0.4 is 14.4 Å². The van der Waals surface area contributed by atoms with E-state index < -0.39 is 27.3 Å². The summed E-state index contributed by atoms with van der Waals surface area (Å²) in [5.41, 5.74) is 3.28. The predicted molar refractivity (Wildman–Crippen MR) is 176 cm³/mol. The summed E-state index contributed by atoms with van der Waals surface area (Å²) in [6.45, 7) is 4.33. The minimum atomic E-state index is -4.04. The maximum atomic E-state index is 13.8. The predicted octanol–water partition coefficient (Wildman–Crippen LogP) is 6.04. The molecule has 0 aromatic heterocycles. The molecule has 2 aromatic rings. The van der Waals surface area contributed by atoms with E-state index in [1.54, 1.807) is 18.2 Å². The van der Waals surface area contributed by atoms with Crippen LogP contribution in [-0.2, 0) is 27.8 Å². The average Bonchev–Trinajstić information content (AvgIpc) is 3.50. The van der Waals surface area contributed by atoms with Crippen LogP contribution in [0.2, 0.25) is 5.02 Å². The third kappa shape index (κ3) is 7.53. The first kappa shape index (κ1) is 32.4. The van der Waals surface area contributed by atoms with Crippen molar-refractivity contribution in [1.82, 2.24) is 4.72 Å². The first-order valence-electron chi connectivity index (χ1n) is 16.5. The Morgan fingerprint density at radius 3 is 2.71 bits per heavy atom. The van der Waals surface area contributed by atoms with Crippen molar-refractivity contribution in [1.29, 1.82) is 0 Å². The number of hydrogen-bond donors (Lipinski definition) is 2. The smallest absolute Gasteiger partial charge is 0.264 e. The van der Waals surface area contributed by atoms with Crippen LogP contribution in [-0.4, -0.2) is 56.6 Å². The van der Waals surface area contributed by atoms with Crippen LogP contribution in [0.3, 0.4) is 0 Å². The molecule has 1 saturated carbocycles. The molecule has 244 valence electrons. The van der Waals surface area contributed by atoms with Crippen LogP contribution in [0.4, 0.5) is 5.69 Å². The van der Waals surface area contributed by atoms with E-state index in [1.807, 2.05) is 37.3 Å². The maximum Gasteiger partial charge on any atom is 0.264 e. The minimum absolute atomic E-state index is 0.122. The second kappa shape index (κ2) is 14.0. The lowest BCUT2D eigenvalue weighted by Gasteiger charge is -2.42. The molecule has 0 spiro atoms. The summed E-state index contributed by atoms with van der Waals surface area (Å²) < 4.78 is 42.3. The number of nitrogens with one attached hydrogen (secondary N) is 1. The van der Waals surface area contributed by atoms with Crippen molar-refractivity contribution in [3.63, 3.8) is 0 Å². The van der Waals surface area contributed by atoms with Gasteiger partial charge in [-0.2, -0.15) is 0 Å². The molecule has 0 unspecified atom stereocenters. The Labute approximate surface area is 272 Å². The normalized spacial score (nSPS) is 31.3. The summed E-state index contributed by atoms with van der Waals surface area (Å²) in [5.74, 6) is 0.128. The molecule has 2 N–H and O–H groups in total. The van der Waals surface area contributed by atoms with Crippen molar-refractivity contribution in [3.05, 3.63) is 70.3 Å². The summed E-state index contributed by atoms with van der Waals surface area (Å²) in [4.78, 5) is 15.9. The summed E-state index contributed by atoms with van der Waals surface area (Å²) in [6.07, 6.45) is 10.3. The zero-order valence-corrected chi connectivity index (χ0v) is 27.6. The highest BCUT2D eigenvalue weighted by atomic mass is 35.5. The van der Waals surface area contributed by atoms with Crippen molar-refractivity contribution in [2.75, 3.05) is 24.6 Å². The monoisotopic (exact) mass is 656 g/mol. The van der Waals surface area contributed by atoms with Crippen molar-refractivity contribution in [2.24, 2.45) is 17.8 Å². The number of carbonyl (C=O) groups is 1. The fourth-order valence-corrected chi connectivity index (χ4v) is 9.29. The molecular weight excluding hydrogens is 612 g/mol. The average molecular weight is 657 g/mol. The molecule has 10 heteroatoms. The number of hydrogen-bond acceptors (Lipinski definition) is 7. The zero-order chi connectivity index (χ0) is 31.6. The van der Waals surface area contributed by atoms with Gasteiger partial charge in [0.05, 0.1) is 23.1 Å². The standard InChI is InChI=1S/C35H45ClN2O6S/c1-23-6-4-9-32(39)30-14-11-26(30)21-38-16-3-2-7-24-18-28(36)13-10-27(24)22-44-33-15-12-25(19-31(33)38)35(40)37-45(41,42)34(23)20-29-8-5-17-43-29/h4,9-10,12-13,15,18-19,23,26,29-30,32,34,39H,2-3,5-8,11,14,16-17,20-22H2,1H3,(H,37,40)/b9-4+/t23-,26-,29+,30+,32-,34+/m0/s1. The molecule has 0 radical (unpaired) electrons.